The summed E-state index contributed by atoms with van der Waals surface area (Å²) in [7, 11) is 0. The number of aliphatic hydroxyl groups is 1. The first-order valence-corrected chi connectivity index (χ1v) is 7.83. The number of hydrogen-bond donors (Lipinski definition) is 1. The lowest BCUT2D eigenvalue weighted by atomic mass is 10.1. The summed E-state index contributed by atoms with van der Waals surface area (Å²) in [5, 5.41) is 21.2. The normalized spacial score (nSPS) is 15.2. The second-order valence-corrected chi connectivity index (χ2v) is 5.87. The molecule has 0 radical (unpaired) electrons. The monoisotopic (exact) mass is 330 g/mol. The third-order valence-electron chi connectivity index (χ3n) is 4.34. The molecule has 4 rings (SSSR count). The van der Waals surface area contributed by atoms with Crippen LogP contribution in [0.4, 0.5) is 11.4 Å². The standard InChI is InChI=1S/C20H14N2O3/c23-20-18-4-2-1-3-16(18)17-10-7-14(11-19(17)20)21-12-13-5-8-15(9-6-13)22(24)25/h1-12,20,23H/t20-/m0/s1. The molecular weight excluding hydrogens is 316 g/mol. The number of nitrogens with zero attached hydrogens (tertiary/aromatic N) is 2. The number of nitro groups is 1. The van der Waals surface area contributed by atoms with Crippen molar-refractivity contribution in [1.82, 2.24) is 0 Å². The van der Waals surface area contributed by atoms with Crippen molar-refractivity contribution in [2.45, 2.75) is 6.10 Å². The van der Waals surface area contributed by atoms with Gasteiger partial charge >= 0.3 is 0 Å². The number of non-ortho nitro benzene ring substituents is 1. The fourth-order valence-corrected chi connectivity index (χ4v) is 3.08. The third-order valence-corrected chi connectivity index (χ3v) is 4.34. The largest absolute Gasteiger partial charge is 0.384 e. The topological polar surface area (TPSA) is 75.7 Å². The lowest BCUT2D eigenvalue weighted by Crippen LogP contribution is -1.93. The van der Waals surface area contributed by atoms with Gasteiger partial charge in [-0.1, -0.05) is 30.3 Å². The Morgan fingerprint density at radius 2 is 1.68 bits per heavy atom. The van der Waals surface area contributed by atoms with Gasteiger partial charge in [-0.2, -0.15) is 0 Å². The van der Waals surface area contributed by atoms with Crippen LogP contribution in [0.25, 0.3) is 11.1 Å². The van der Waals surface area contributed by atoms with Crippen molar-refractivity contribution < 1.29 is 10.0 Å². The summed E-state index contributed by atoms with van der Waals surface area (Å²) in [6, 6.07) is 19.8. The van der Waals surface area contributed by atoms with E-state index in [0.29, 0.717) is 0 Å². The van der Waals surface area contributed by atoms with E-state index >= 15 is 0 Å². The molecule has 3 aromatic carbocycles. The van der Waals surface area contributed by atoms with Crippen LogP contribution in [0.15, 0.2) is 71.7 Å². The van der Waals surface area contributed by atoms with Crippen LogP contribution in [0.2, 0.25) is 0 Å². The zero-order valence-electron chi connectivity index (χ0n) is 13.2. The minimum absolute atomic E-state index is 0.0515. The Morgan fingerprint density at radius 1 is 0.960 bits per heavy atom. The van der Waals surface area contributed by atoms with Crippen molar-refractivity contribution in [1.29, 1.82) is 0 Å². The number of hydrogen-bond acceptors (Lipinski definition) is 4. The summed E-state index contributed by atoms with van der Waals surface area (Å²) in [4.78, 5) is 14.7. The average molecular weight is 330 g/mol. The van der Waals surface area contributed by atoms with E-state index in [0.717, 1.165) is 33.5 Å². The van der Waals surface area contributed by atoms with E-state index in [1.807, 2.05) is 42.5 Å². The first-order chi connectivity index (χ1) is 12.1. The molecule has 0 heterocycles. The zero-order chi connectivity index (χ0) is 17.4. The van der Waals surface area contributed by atoms with Gasteiger partial charge in [-0.05, 0) is 52.1 Å². The minimum Gasteiger partial charge on any atom is -0.384 e. The molecule has 0 unspecified atom stereocenters. The minimum atomic E-state index is -0.638. The van der Waals surface area contributed by atoms with Crippen LogP contribution in [0.3, 0.4) is 0 Å². The smallest absolute Gasteiger partial charge is 0.269 e. The molecule has 0 fully saturated rings. The average Bonchev–Trinajstić information content (AvgIpc) is 2.93. The molecule has 1 aliphatic carbocycles. The highest BCUT2D eigenvalue weighted by Crippen LogP contribution is 2.44. The van der Waals surface area contributed by atoms with Gasteiger partial charge in [-0.25, -0.2) is 0 Å². The molecule has 0 amide bonds. The van der Waals surface area contributed by atoms with E-state index < -0.39 is 11.0 Å². The Kier molecular flexibility index (Phi) is 3.63. The predicted octanol–water partition coefficient (Wildman–Crippen LogP) is 4.41. The summed E-state index contributed by atoms with van der Waals surface area (Å²) in [5.41, 5.74) is 5.39. The summed E-state index contributed by atoms with van der Waals surface area (Å²) >= 11 is 0. The third kappa shape index (κ3) is 2.70. The lowest BCUT2D eigenvalue weighted by Gasteiger charge is -2.05. The maximum atomic E-state index is 10.7. The molecule has 0 saturated heterocycles. The SMILES string of the molecule is O=[N+]([O-])c1ccc(C=Nc2ccc3c(c2)[C@@H](O)c2ccccc2-3)cc1. The fourth-order valence-electron chi connectivity index (χ4n) is 3.08. The molecule has 0 saturated carbocycles. The van der Waals surface area contributed by atoms with Gasteiger partial charge in [0.1, 0.15) is 6.10 Å². The van der Waals surface area contributed by atoms with Crippen molar-refractivity contribution in [2.75, 3.05) is 0 Å². The second-order valence-electron chi connectivity index (χ2n) is 5.87. The van der Waals surface area contributed by atoms with Gasteiger partial charge in [0.2, 0.25) is 0 Å². The summed E-state index contributed by atoms with van der Waals surface area (Å²) < 4.78 is 0. The molecule has 1 N–H and O–H groups in total. The molecule has 5 nitrogen and oxygen atoms in total. The van der Waals surface area contributed by atoms with Crippen LogP contribution < -0.4 is 0 Å². The van der Waals surface area contributed by atoms with E-state index in [1.165, 1.54) is 12.1 Å². The van der Waals surface area contributed by atoms with Crippen molar-refractivity contribution >= 4 is 17.6 Å². The van der Waals surface area contributed by atoms with E-state index in [4.69, 9.17) is 0 Å². The molecule has 3 aromatic rings. The number of benzene rings is 3. The highest BCUT2D eigenvalue weighted by atomic mass is 16.6. The predicted molar refractivity (Wildman–Crippen MR) is 96.3 cm³/mol. The van der Waals surface area contributed by atoms with Crippen molar-refractivity contribution in [3.63, 3.8) is 0 Å². The Labute approximate surface area is 144 Å². The van der Waals surface area contributed by atoms with Crippen LogP contribution in [0.1, 0.15) is 22.8 Å². The van der Waals surface area contributed by atoms with Crippen LogP contribution in [0.5, 0.6) is 0 Å². The van der Waals surface area contributed by atoms with Gasteiger partial charge in [-0.15, -0.1) is 0 Å². The first-order valence-electron chi connectivity index (χ1n) is 7.83. The maximum Gasteiger partial charge on any atom is 0.269 e. The number of aliphatic imine (C=N–C) groups is 1. The molecule has 0 spiro atoms. The Hall–Kier alpha value is -3.31. The van der Waals surface area contributed by atoms with E-state index in [2.05, 4.69) is 4.99 Å². The first kappa shape index (κ1) is 15.2. The molecule has 1 atom stereocenters. The molecule has 0 aliphatic heterocycles. The highest BCUT2D eigenvalue weighted by Gasteiger charge is 2.26. The molecule has 0 aromatic heterocycles. The van der Waals surface area contributed by atoms with Crippen LogP contribution in [-0.4, -0.2) is 16.2 Å². The van der Waals surface area contributed by atoms with Crippen LogP contribution in [-0.2, 0) is 0 Å². The second kappa shape index (κ2) is 5.96. The molecule has 5 heteroatoms. The summed E-state index contributed by atoms with van der Waals surface area (Å²) in [5.74, 6) is 0. The van der Waals surface area contributed by atoms with Gasteiger partial charge in [0.15, 0.2) is 0 Å². The Balaban J connectivity index is 1.62. The number of nitro benzene ring substituents is 1. The number of rotatable bonds is 3. The highest BCUT2D eigenvalue weighted by molar-refractivity contribution is 5.84. The van der Waals surface area contributed by atoms with E-state index in [-0.39, 0.29) is 5.69 Å². The Bertz CT molecular complexity index is 994. The zero-order valence-corrected chi connectivity index (χ0v) is 13.2. The van der Waals surface area contributed by atoms with Gasteiger partial charge in [0, 0.05) is 18.3 Å². The molecule has 122 valence electrons. The lowest BCUT2D eigenvalue weighted by molar-refractivity contribution is -0.384. The van der Waals surface area contributed by atoms with Crippen molar-refractivity contribution in [3.05, 3.63) is 93.5 Å². The number of aliphatic hydroxyl groups excluding tert-OH is 1. The van der Waals surface area contributed by atoms with Crippen molar-refractivity contribution in [3.8, 4) is 11.1 Å². The maximum absolute atomic E-state index is 10.7. The van der Waals surface area contributed by atoms with E-state index in [9.17, 15) is 15.2 Å². The van der Waals surface area contributed by atoms with Crippen LogP contribution in [0, 0.1) is 10.1 Å². The van der Waals surface area contributed by atoms with Gasteiger partial charge in [0.25, 0.3) is 5.69 Å². The molecular formula is C20H14N2O3. The van der Waals surface area contributed by atoms with Crippen LogP contribution >= 0.6 is 0 Å². The van der Waals surface area contributed by atoms with Gasteiger partial charge in [0.05, 0.1) is 10.6 Å². The van der Waals surface area contributed by atoms with E-state index in [1.54, 1.807) is 18.3 Å². The Morgan fingerprint density at radius 3 is 2.44 bits per heavy atom. The fraction of sp³-hybridized carbons (Fsp3) is 0.0500. The number of fused-ring (bicyclic) bond motifs is 3. The molecule has 25 heavy (non-hydrogen) atoms. The summed E-state index contributed by atoms with van der Waals surface area (Å²) in [6.45, 7) is 0. The van der Waals surface area contributed by atoms with Crippen molar-refractivity contribution in [2.24, 2.45) is 4.99 Å². The summed E-state index contributed by atoms with van der Waals surface area (Å²) in [6.07, 6.45) is 1.01. The van der Waals surface area contributed by atoms with Gasteiger partial charge < -0.3 is 5.11 Å². The molecule has 0 bridgehead atoms. The quantitative estimate of drug-likeness (QED) is 0.439. The molecule has 1 aliphatic rings. The van der Waals surface area contributed by atoms with Gasteiger partial charge in [-0.3, -0.25) is 15.1 Å².